The van der Waals surface area contributed by atoms with Crippen LogP contribution >= 0.6 is 0 Å². The SMILES string of the molecule is CCCC1CN(CC)C(C)(CC)CN1. The van der Waals surface area contributed by atoms with Crippen molar-refractivity contribution in [3.63, 3.8) is 0 Å². The first-order valence-corrected chi connectivity index (χ1v) is 6.14. The molecule has 1 fully saturated rings. The second kappa shape index (κ2) is 5.13. The zero-order chi connectivity index (χ0) is 10.6. The molecular formula is C12H26N2. The summed E-state index contributed by atoms with van der Waals surface area (Å²) in [6.07, 6.45) is 3.85. The summed E-state index contributed by atoms with van der Waals surface area (Å²) in [6, 6.07) is 0.722. The Hall–Kier alpha value is -0.0800. The molecule has 0 amide bonds. The Kier molecular flexibility index (Phi) is 4.39. The summed E-state index contributed by atoms with van der Waals surface area (Å²) in [5.74, 6) is 0. The molecule has 84 valence electrons. The minimum absolute atomic E-state index is 0.388. The standard InChI is InChI=1S/C12H26N2/c1-5-8-11-9-14(7-3)12(4,6-2)10-13-11/h11,13H,5-10H2,1-4H3. The van der Waals surface area contributed by atoms with Crippen LogP contribution in [0.5, 0.6) is 0 Å². The van der Waals surface area contributed by atoms with Gasteiger partial charge in [0, 0.05) is 24.7 Å². The van der Waals surface area contributed by atoms with E-state index in [9.17, 15) is 0 Å². The smallest absolute Gasteiger partial charge is 0.0303 e. The van der Waals surface area contributed by atoms with E-state index in [1.54, 1.807) is 0 Å². The molecule has 2 unspecified atom stereocenters. The van der Waals surface area contributed by atoms with Gasteiger partial charge in [-0.1, -0.05) is 27.2 Å². The summed E-state index contributed by atoms with van der Waals surface area (Å²) < 4.78 is 0. The number of piperazine rings is 1. The highest BCUT2D eigenvalue weighted by atomic mass is 15.3. The van der Waals surface area contributed by atoms with E-state index in [0.29, 0.717) is 5.54 Å². The van der Waals surface area contributed by atoms with Crippen LogP contribution in [0.2, 0.25) is 0 Å². The third kappa shape index (κ3) is 2.48. The summed E-state index contributed by atoms with van der Waals surface area (Å²) >= 11 is 0. The lowest BCUT2D eigenvalue weighted by Gasteiger charge is -2.47. The molecule has 2 nitrogen and oxygen atoms in total. The highest BCUT2D eigenvalue weighted by Gasteiger charge is 2.34. The lowest BCUT2D eigenvalue weighted by atomic mass is 9.91. The van der Waals surface area contributed by atoms with Crippen LogP contribution in [-0.2, 0) is 0 Å². The molecule has 1 aliphatic rings. The van der Waals surface area contributed by atoms with Crippen LogP contribution in [0.3, 0.4) is 0 Å². The van der Waals surface area contributed by atoms with Gasteiger partial charge in [-0.3, -0.25) is 4.90 Å². The zero-order valence-corrected chi connectivity index (χ0v) is 10.3. The van der Waals surface area contributed by atoms with Gasteiger partial charge < -0.3 is 5.32 Å². The van der Waals surface area contributed by atoms with E-state index in [2.05, 4.69) is 37.9 Å². The molecule has 1 rings (SSSR count). The first kappa shape index (κ1) is 12.0. The van der Waals surface area contributed by atoms with Crippen LogP contribution in [0.15, 0.2) is 0 Å². The summed E-state index contributed by atoms with van der Waals surface area (Å²) in [5.41, 5.74) is 0.388. The van der Waals surface area contributed by atoms with E-state index < -0.39 is 0 Å². The van der Waals surface area contributed by atoms with Gasteiger partial charge in [-0.05, 0) is 26.3 Å². The van der Waals surface area contributed by atoms with E-state index in [-0.39, 0.29) is 0 Å². The molecule has 0 aromatic rings. The van der Waals surface area contributed by atoms with Crippen LogP contribution in [0.4, 0.5) is 0 Å². The summed E-state index contributed by atoms with van der Waals surface area (Å²) in [5, 5.41) is 3.68. The fraction of sp³-hybridized carbons (Fsp3) is 1.00. The Morgan fingerprint density at radius 2 is 2.07 bits per heavy atom. The summed E-state index contributed by atoms with van der Waals surface area (Å²) in [7, 11) is 0. The molecule has 2 atom stereocenters. The van der Waals surface area contributed by atoms with Crippen LogP contribution in [0.25, 0.3) is 0 Å². The molecule has 0 saturated carbocycles. The van der Waals surface area contributed by atoms with Crippen molar-refractivity contribution in [1.82, 2.24) is 10.2 Å². The molecule has 1 aliphatic heterocycles. The first-order valence-electron chi connectivity index (χ1n) is 6.14. The van der Waals surface area contributed by atoms with Gasteiger partial charge in [0.1, 0.15) is 0 Å². The molecule has 0 aromatic carbocycles. The fourth-order valence-corrected chi connectivity index (χ4v) is 2.43. The molecule has 1 N–H and O–H groups in total. The number of nitrogens with zero attached hydrogens (tertiary/aromatic N) is 1. The normalized spacial score (nSPS) is 34.7. The lowest BCUT2D eigenvalue weighted by Crippen LogP contribution is -2.62. The van der Waals surface area contributed by atoms with Gasteiger partial charge >= 0.3 is 0 Å². The number of rotatable bonds is 4. The van der Waals surface area contributed by atoms with Crippen molar-refractivity contribution in [2.24, 2.45) is 0 Å². The van der Waals surface area contributed by atoms with Crippen LogP contribution in [0.1, 0.15) is 47.0 Å². The Labute approximate surface area is 89.1 Å². The second-order valence-electron chi connectivity index (χ2n) is 4.76. The van der Waals surface area contributed by atoms with Gasteiger partial charge in [-0.2, -0.15) is 0 Å². The Morgan fingerprint density at radius 1 is 1.36 bits per heavy atom. The molecule has 0 bridgehead atoms. The predicted molar refractivity (Wildman–Crippen MR) is 62.6 cm³/mol. The van der Waals surface area contributed by atoms with E-state index >= 15 is 0 Å². The van der Waals surface area contributed by atoms with Crippen LogP contribution in [0, 0.1) is 0 Å². The average Bonchev–Trinajstić information content (AvgIpc) is 2.21. The van der Waals surface area contributed by atoms with Crippen molar-refractivity contribution in [3.8, 4) is 0 Å². The topological polar surface area (TPSA) is 15.3 Å². The highest BCUT2D eigenvalue weighted by Crippen LogP contribution is 2.23. The number of hydrogen-bond donors (Lipinski definition) is 1. The molecule has 0 aliphatic carbocycles. The number of likely N-dealkylation sites (N-methyl/N-ethyl adjacent to an activating group) is 1. The van der Waals surface area contributed by atoms with Gasteiger partial charge in [-0.15, -0.1) is 0 Å². The van der Waals surface area contributed by atoms with Gasteiger partial charge in [-0.25, -0.2) is 0 Å². The fourth-order valence-electron chi connectivity index (χ4n) is 2.43. The third-order valence-electron chi connectivity index (χ3n) is 3.76. The summed E-state index contributed by atoms with van der Waals surface area (Å²) in [6.45, 7) is 12.8. The van der Waals surface area contributed by atoms with Crippen molar-refractivity contribution >= 4 is 0 Å². The van der Waals surface area contributed by atoms with Crippen LogP contribution in [-0.4, -0.2) is 36.1 Å². The maximum Gasteiger partial charge on any atom is 0.0303 e. The zero-order valence-electron chi connectivity index (χ0n) is 10.3. The van der Waals surface area contributed by atoms with E-state index in [4.69, 9.17) is 0 Å². The Bertz CT molecular complexity index is 170. The monoisotopic (exact) mass is 198 g/mol. The number of hydrogen-bond acceptors (Lipinski definition) is 2. The minimum Gasteiger partial charge on any atom is -0.311 e. The van der Waals surface area contributed by atoms with E-state index in [1.807, 2.05) is 0 Å². The van der Waals surface area contributed by atoms with Gasteiger partial charge in [0.2, 0.25) is 0 Å². The maximum atomic E-state index is 3.68. The van der Waals surface area contributed by atoms with Gasteiger partial charge in [0.05, 0.1) is 0 Å². The van der Waals surface area contributed by atoms with Crippen LogP contribution < -0.4 is 5.32 Å². The Morgan fingerprint density at radius 3 is 2.57 bits per heavy atom. The molecule has 0 aromatic heterocycles. The first-order chi connectivity index (χ1) is 6.66. The maximum absolute atomic E-state index is 3.68. The molecule has 14 heavy (non-hydrogen) atoms. The highest BCUT2D eigenvalue weighted by molar-refractivity contribution is 4.94. The van der Waals surface area contributed by atoms with Gasteiger partial charge in [0.15, 0.2) is 0 Å². The molecule has 0 spiro atoms. The average molecular weight is 198 g/mol. The van der Waals surface area contributed by atoms with Crippen molar-refractivity contribution < 1.29 is 0 Å². The molecule has 1 heterocycles. The quantitative estimate of drug-likeness (QED) is 0.745. The molecule has 2 heteroatoms. The third-order valence-corrected chi connectivity index (χ3v) is 3.76. The van der Waals surface area contributed by atoms with Crippen molar-refractivity contribution in [2.45, 2.75) is 58.5 Å². The Balaban J connectivity index is 2.54. The molecular weight excluding hydrogens is 172 g/mol. The minimum atomic E-state index is 0.388. The largest absolute Gasteiger partial charge is 0.311 e. The number of nitrogens with one attached hydrogen (secondary N) is 1. The lowest BCUT2D eigenvalue weighted by molar-refractivity contribution is 0.0522. The van der Waals surface area contributed by atoms with Crippen molar-refractivity contribution in [3.05, 3.63) is 0 Å². The molecule has 0 radical (unpaired) electrons. The van der Waals surface area contributed by atoms with E-state index in [1.165, 1.54) is 32.4 Å². The van der Waals surface area contributed by atoms with Gasteiger partial charge in [0.25, 0.3) is 0 Å². The summed E-state index contributed by atoms with van der Waals surface area (Å²) in [4.78, 5) is 2.64. The molecule has 1 saturated heterocycles. The van der Waals surface area contributed by atoms with Crippen molar-refractivity contribution in [2.75, 3.05) is 19.6 Å². The predicted octanol–water partition coefficient (Wildman–Crippen LogP) is 2.25. The van der Waals surface area contributed by atoms with E-state index in [0.717, 1.165) is 12.6 Å². The second-order valence-corrected chi connectivity index (χ2v) is 4.76. The van der Waals surface area contributed by atoms with Crippen molar-refractivity contribution in [1.29, 1.82) is 0 Å².